The Labute approximate surface area is 181 Å². The first kappa shape index (κ1) is 19.8. The number of aromatic nitrogens is 2. The smallest absolute Gasteiger partial charge is 0.219 e. The molecule has 0 atom stereocenters. The molecule has 1 saturated heterocycles. The van der Waals surface area contributed by atoms with Gasteiger partial charge in [0, 0.05) is 49.6 Å². The van der Waals surface area contributed by atoms with Gasteiger partial charge in [-0.05, 0) is 42.2 Å². The minimum Gasteiger partial charge on any atom is -0.381 e. The van der Waals surface area contributed by atoms with E-state index in [0.29, 0.717) is 38.2 Å². The summed E-state index contributed by atoms with van der Waals surface area (Å²) in [5, 5.41) is 19.8. The number of hydrogen-bond donors (Lipinski definition) is 3. The number of nitrogens with one attached hydrogen (secondary N) is 3. The molecule has 1 aromatic carbocycles. The van der Waals surface area contributed by atoms with Gasteiger partial charge in [-0.25, -0.2) is 0 Å². The van der Waals surface area contributed by atoms with Gasteiger partial charge >= 0.3 is 0 Å². The van der Waals surface area contributed by atoms with Gasteiger partial charge in [0.2, 0.25) is 5.91 Å². The Balaban J connectivity index is 1.46. The maximum Gasteiger partial charge on any atom is 0.219 e. The lowest BCUT2D eigenvalue weighted by atomic mass is 9.96. The van der Waals surface area contributed by atoms with Crippen LogP contribution in [-0.2, 0) is 16.0 Å². The van der Waals surface area contributed by atoms with E-state index in [1.807, 2.05) is 11.0 Å². The Hall–Kier alpha value is -3.13. The first-order valence-electron chi connectivity index (χ1n) is 10.9. The van der Waals surface area contributed by atoms with Crippen molar-refractivity contribution in [3.63, 3.8) is 0 Å². The molecule has 0 saturated carbocycles. The quantitative estimate of drug-likeness (QED) is 0.521. The monoisotopic (exact) mass is 420 g/mol. The lowest BCUT2D eigenvalue weighted by Gasteiger charge is -2.38. The molecule has 2 aromatic rings. The Morgan fingerprint density at radius 3 is 2.84 bits per heavy atom. The summed E-state index contributed by atoms with van der Waals surface area (Å²) in [6.07, 6.45) is 4.48. The third kappa shape index (κ3) is 3.83. The molecule has 0 unspecified atom stereocenters. The van der Waals surface area contributed by atoms with Crippen molar-refractivity contribution >= 4 is 17.4 Å². The molecule has 1 aromatic heterocycles. The minimum atomic E-state index is 0.0552. The predicted octanol–water partition coefficient (Wildman–Crippen LogP) is 2.30. The van der Waals surface area contributed by atoms with Gasteiger partial charge < -0.3 is 19.9 Å². The Bertz CT molecular complexity index is 1020. The van der Waals surface area contributed by atoms with E-state index < -0.39 is 0 Å². The molecule has 162 valence electrons. The number of ether oxygens (including phenoxy) is 1. The Morgan fingerprint density at radius 1 is 1.26 bits per heavy atom. The van der Waals surface area contributed by atoms with Crippen LogP contribution < -0.4 is 10.2 Å². The van der Waals surface area contributed by atoms with Crippen LogP contribution in [0.1, 0.15) is 25.3 Å². The van der Waals surface area contributed by atoms with Gasteiger partial charge in [-0.15, -0.1) is 0 Å². The summed E-state index contributed by atoms with van der Waals surface area (Å²) in [5.41, 5.74) is 6.42. The zero-order valence-electron chi connectivity index (χ0n) is 17.8. The summed E-state index contributed by atoms with van der Waals surface area (Å²) >= 11 is 0. The number of aryl methyl sites for hydroxylation is 1. The fourth-order valence-electron chi connectivity index (χ4n) is 4.55. The predicted molar refractivity (Wildman–Crippen MR) is 119 cm³/mol. The average Bonchev–Trinajstić information content (AvgIpc) is 3.30. The molecule has 3 aliphatic rings. The molecule has 0 aliphatic carbocycles. The van der Waals surface area contributed by atoms with Crippen LogP contribution in [0.15, 0.2) is 41.7 Å². The largest absolute Gasteiger partial charge is 0.381 e. The number of benzene rings is 1. The van der Waals surface area contributed by atoms with E-state index in [1.165, 1.54) is 5.56 Å². The number of nitrogens with zero attached hydrogens (tertiary/aromatic N) is 3. The maximum atomic E-state index is 12.1. The molecule has 4 heterocycles. The highest BCUT2D eigenvalue weighted by Crippen LogP contribution is 2.33. The zero-order chi connectivity index (χ0) is 21.4. The van der Waals surface area contributed by atoms with Crippen LogP contribution in [-0.4, -0.2) is 65.7 Å². The number of carbonyl (C=O) groups excluding carboxylic acids is 1. The van der Waals surface area contributed by atoms with Crippen molar-refractivity contribution in [1.82, 2.24) is 20.4 Å². The summed E-state index contributed by atoms with van der Waals surface area (Å²) in [7, 11) is 0. The molecule has 31 heavy (non-hydrogen) atoms. The minimum absolute atomic E-state index is 0.0552. The van der Waals surface area contributed by atoms with Gasteiger partial charge in [-0.2, -0.15) is 5.10 Å². The molecule has 1 fully saturated rings. The SMILES string of the molecule is CC(=O)N1CCC(NC2COC2)=C(C(=N)N2CCCc3cc(-c4ccn[nH]4)ccc32)C1. The molecule has 0 radical (unpaired) electrons. The van der Waals surface area contributed by atoms with E-state index in [2.05, 4.69) is 38.6 Å². The standard InChI is InChI=1S/C23H28N6O2/c1-15(30)28-10-7-21(26-18-13-31-14-18)19(12-28)23(24)29-9-2-3-17-11-16(4-5-22(17)29)20-6-8-25-27-20/h4-6,8,11,18,24,26H,2-3,7,9-10,12-14H2,1H3,(H,25,27). The highest BCUT2D eigenvalue weighted by atomic mass is 16.5. The highest BCUT2D eigenvalue weighted by Gasteiger charge is 2.30. The van der Waals surface area contributed by atoms with Crippen LogP contribution in [0.5, 0.6) is 0 Å². The van der Waals surface area contributed by atoms with E-state index in [-0.39, 0.29) is 5.91 Å². The maximum absolute atomic E-state index is 12.1. The summed E-state index contributed by atoms with van der Waals surface area (Å²) in [5.74, 6) is 0.545. The van der Waals surface area contributed by atoms with Crippen molar-refractivity contribution in [3.05, 3.63) is 47.3 Å². The number of rotatable bonds is 4. The number of aromatic amines is 1. The molecule has 8 heteroatoms. The number of anilines is 1. The second-order valence-corrected chi connectivity index (χ2v) is 8.44. The number of H-pyrrole nitrogens is 1. The normalized spacial score (nSPS) is 19.1. The molecule has 8 nitrogen and oxygen atoms in total. The summed E-state index contributed by atoms with van der Waals surface area (Å²) in [6.45, 7) is 4.96. The molecule has 3 aliphatic heterocycles. The number of amidine groups is 1. The van der Waals surface area contributed by atoms with E-state index in [9.17, 15) is 4.79 Å². The second-order valence-electron chi connectivity index (χ2n) is 8.44. The topological polar surface area (TPSA) is 97.3 Å². The fraction of sp³-hybridized carbons (Fsp3) is 0.435. The van der Waals surface area contributed by atoms with Crippen molar-refractivity contribution in [2.45, 2.75) is 32.2 Å². The Morgan fingerprint density at radius 2 is 2.13 bits per heavy atom. The Kier molecular flexibility index (Phi) is 5.23. The van der Waals surface area contributed by atoms with Crippen molar-refractivity contribution < 1.29 is 9.53 Å². The van der Waals surface area contributed by atoms with Gasteiger partial charge in [0.1, 0.15) is 5.84 Å². The van der Waals surface area contributed by atoms with Crippen LogP contribution in [0.3, 0.4) is 0 Å². The third-order valence-electron chi connectivity index (χ3n) is 6.37. The van der Waals surface area contributed by atoms with Gasteiger partial charge in [0.25, 0.3) is 0 Å². The molecule has 5 rings (SSSR count). The average molecular weight is 421 g/mol. The summed E-state index contributed by atoms with van der Waals surface area (Å²) in [6, 6.07) is 8.66. The third-order valence-corrected chi connectivity index (χ3v) is 6.37. The molecular weight excluding hydrogens is 392 g/mol. The van der Waals surface area contributed by atoms with Crippen molar-refractivity contribution in [3.8, 4) is 11.3 Å². The van der Waals surface area contributed by atoms with Crippen molar-refractivity contribution in [1.29, 1.82) is 5.41 Å². The van der Waals surface area contributed by atoms with Gasteiger partial charge in [-0.3, -0.25) is 15.3 Å². The molecule has 3 N–H and O–H groups in total. The number of carbonyl (C=O) groups is 1. The lowest BCUT2D eigenvalue weighted by molar-refractivity contribution is -0.128. The zero-order valence-corrected chi connectivity index (χ0v) is 17.8. The summed E-state index contributed by atoms with van der Waals surface area (Å²) in [4.78, 5) is 16.0. The van der Waals surface area contributed by atoms with E-state index in [1.54, 1.807) is 13.1 Å². The molecular formula is C23H28N6O2. The van der Waals surface area contributed by atoms with Gasteiger partial charge in [-0.1, -0.05) is 6.07 Å². The highest BCUT2D eigenvalue weighted by molar-refractivity contribution is 6.09. The first-order chi connectivity index (χ1) is 15.1. The summed E-state index contributed by atoms with van der Waals surface area (Å²) < 4.78 is 5.32. The van der Waals surface area contributed by atoms with E-state index in [0.717, 1.165) is 54.0 Å². The van der Waals surface area contributed by atoms with Gasteiger partial charge in [0.15, 0.2) is 0 Å². The van der Waals surface area contributed by atoms with Crippen LogP contribution in [0.25, 0.3) is 11.3 Å². The number of hydrogen-bond acceptors (Lipinski definition) is 5. The molecule has 0 spiro atoms. The molecule has 1 amide bonds. The van der Waals surface area contributed by atoms with E-state index >= 15 is 0 Å². The van der Waals surface area contributed by atoms with E-state index in [4.69, 9.17) is 10.1 Å². The van der Waals surface area contributed by atoms with Gasteiger partial charge in [0.05, 0.1) is 31.5 Å². The van der Waals surface area contributed by atoms with Crippen LogP contribution in [0, 0.1) is 5.41 Å². The fourth-order valence-corrected chi connectivity index (χ4v) is 4.55. The number of amides is 1. The molecule has 0 bridgehead atoms. The van der Waals surface area contributed by atoms with Crippen molar-refractivity contribution in [2.24, 2.45) is 0 Å². The van der Waals surface area contributed by atoms with Crippen LogP contribution in [0.4, 0.5) is 5.69 Å². The first-order valence-corrected chi connectivity index (χ1v) is 10.9. The second kappa shape index (κ2) is 8.19. The van der Waals surface area contributed by atoms with Crippen molar-refractivity contribution in [2.75, 3.05) is 37.7 Å². The van der Waals surface area contributed by atoms with Crippen LogP contribution >= 0.6 is 0 Å². The van der Waals surface area contributed by atoms with Crippen LogP contribution in [0.2, 0.25) is 0 Å². The lowest BCUT2D eigenvalue weighted by Crippen LogP contribution is -2.50. The number of fused-ring (bicyclic) bond motifs is 1.